The van der Waals surface area contributed by atoms with Crippen LogP contribution >= 0.6 is 0 Å². The highest BCUT2D eigenvalue weighted by molar-refractivity contribution is 5.56. The molecule has 0 saturated heterocycles. The number of ether oxygens (including phenoxy) is 1. The van der Waals surface area contributed by atoms with Crippen LogP contribution in [-0.2, 0) is 0 Å². The molecule has 3 nitrogen and oxygen atoms in total. The van der Waals surface area contributed by atoms with Gasteiger partial charge in [-0.15, -0.1) is 0 Å². The standard InChI is InChI=1S/C16H26N2O/c1-11(2)13-7-5-6-8-14(13)18-15-9-12(3)17-10-16(15)19-4/h9-11,13-14H,5-8H2,1-4H3,(H,17,18). The normalized spacial score (nSPS) is 23.4. The average Bonchev–Trinajstić information content (AvgIpc) is 2.39. The molecule has 106 valence electrons. The van der Waals surface area contributed by atoms with Gasteiger partial charge in [0.2, 0.25) is 0 Å². The molecule has 1 saturated carbocycles. The fraction of sp³-hybridized carbons (Fsp3) is 0.688. The summed E-state index contributed by atoms with van der Waals surface area (Å²) in [6, 6.07) is 2.65. The number of anilines is 1. The first-order valence-electron chi connectivity index (χ1n) is 7.39. The van der Waals surface area contributed by atoms with Gasteiger partial charge in [0.1, 0.15) is 0 Å². The average molecular weight is 262 g/mol. The number of methoxy groups -OCH3 is 1. The van der Waals surface area contributed by atoms with E-state index in [0.717, 1.165) is 29.0 Å². The van der Waals surface area contributed by atoms with Crippen LogP contribution in [0.25, 0.3) is 0 Å². The second-order valence-corrected chi connectivity index (χ2v) is 5.97. The second-order valence-electron chi connectivity index (χ2n) is 5.97. The van der Waals surface area contributed by atoms with Crippen molar-refractivity contribution in [2.75, 3.05) is 12.4 Å². The maximum Gasteiger partial charge on any atom is 0.160 e. The number of aromatic nitrogens is 1. The number of hydrogen-bond acceptors (Lipinski definition) is 3. The van der Waals surface area contributed by atoms with E-state index in [0.29, 0.717) is 6.04 Å². The lowest BCUT2D eigenvalue weighted by molar-refractivity contribution is 0.253. The summed E-state index contributed by atoms with van der Waals surface area (Å²) in [7, 11) is 1.71. The molecule has 1 N–H and O–H groups in total. The molecule has 0 bridgehead atoms. The lowest BCUT2D eigenvalue weighted by Gasteiger charge is -2.35. The Morgan fingerprint density at radius 2 is 2.05 bits per heavy atom. The van der Waals surface area contributed by atoms with E-state index in [9.17, 15) is 0 Å². The summed E-state index contributed by atoms with van der Waals surface area (Å²) in [6.07, 6.45) is 7.10. The lowest BCUT2D eigenvalue weighted by atomic mass is 9.78. The first kappa shape index (κ1) is 14.2. The van der Waals surface area contributed by atoms with E-state index in [1.54, 1.807) is 7.11 Å². The number of hydrogen-bond donors (Lipinski definition) is 1. The lowest BCUT2D eigenvalue weighted by Crippen LogP contribution is -2.35. The summed E-state index contributed by atoms with van der Waals surface area (Å²) in [4.78, 5) is 4.29. The number of pyridine rings is 1. The number of nitrogens with one attached hydrogen (secondary N) is 1. The third-order valence-electron chi connectivity index (χ3n) is 4.24. The Kier molecular flexibility index (Phi) is 4.67. The van der Waals surface area contributed by atoms with E-state index in [1.807, 2.05) is 13.1 Å². The van der Waals surface area contributed by atoms with Crippen molar-refractivity contribution in [3.05, 3.63) is 18.0 Å². The zero-order valence-corrected chi connectivity index (χ0v) is 12.6. The molecule has 3 heteroatoms. The van der Waals surface area contributed by atoms with E-state index in [1.165, 1.54) is 25.7 Å². The van der Waals surface area contributed by atoms with Crippen LogP contribution in [0.2, 0.25) is 0 Å². The van der Waals surface area contributed by atoms with Crippen molar-refractivity contribution < 1.29 is 4.74 Å². The fourth-order valence-electron chi connectivity index (χ4n) is 3.16. The van der Waals surface area contributed by atoms with E-state index in [-0.39, 0.29) is 0 Å². The zero-order valence-electron chi connectivity index (χ0n) is 12.6. The van der Waals surface area contributed by atoms with Crippen molar-refractivity contribution >= 4 is 5.69 Å². The van der Waals surface area contributed by atoms with Gasteiger partial charge in [-0.05, 0) is 37.7 Å². The van der Waals surface area contributed by atoms with Gasteiger partial charge in [0.15, 0.2) is 5.75 Å². The minimum atomic E-state index is 0.560. The molecule has 19 heavy (non-hydrogen) atoms. The van der Waals surface area contributed by atoms with Crippen molar-refractivity contribution in [3.63, 3.8) is 0 Å². The molecule has 1 fully saturated rings. The topological polar surface area (TPSA) is 34.1 Å². The van der Waals surface area contributed by atoms with E-state index >= 15 is 0 Å². The Morgan fingerprint density at radius 3 is 2.74 bits per heavy atom. The van der Waals surface area contributed by atoms with Crippen LogP contribution in [0, 0.1) is 18.8 Å². The fourth-order valence-corrected chi connectivity index (χ4v) is 3.16. The van der Waals surface area contributed by atoms with Crippen molar-refractivity contribution in [3.8, 4) is 5.75 Å². The number of nitrogens with zero attached hydrogens (tertiary/aromatic N) is 1. The van der Waals surface area contributed by atoms with Gasteiger partial charge in [-0.3, -0.25) is 4.98 Å². The summed E-state index contributed by atoms with van der Waals surface area (Å²) >= 11 is 0. The molecule has 1 aromatic rings. The van der Waals surface area contributed by atoms with Gasteiger partial charge in [0.05, 0.1) is 19.0 Å². The van der Waals surface area contributed by atoms with Crippen molar-refractivity contribution in [1.82, 2.24) is 4.98 Å². The van der Waals surface area contributed by atoms with Gasteiger partial charge in [-0.2, -0.15) is 0 Å². The molecule has 1 aliphatic rings. The van der Waals surface area contributed by atoms with Gasteiger partial charge in [0, 0.05) is 11.7 Å². The summed E-state index contributed by atoms with van der Waals surface area (Å²) in [6.45, 7) is 6.69. The highest BCUT2D eigenvalue weighted by Gasteiger charge is 2.28. The molecule has 1 aromatic heterocycles. The third-order valence-corrected chi connectivity index (χ3v) is 4.24. The van der Waals surface area contributed by atoms with E-state index < -0.39 is 0 Å². The molecule has 2 unspecified atom stereocenters. The molecule has 0 aromatic carbocycles. The molecule has 0 spiro atoms. The minimum Gasteiger partial charge on any atom is -0.493 e. The smallest absolute Gasteiger partial charge is 0.160 e. The first-order chi connectivity index (χ1) is 9.11. The van der Waals surface area contributed by atoms with Gasteiger partial charge in [-0.1, -0.05) is 26.7 Å². The molecule has 1 aliphatic carbocycles. The largest absolute Gasteiger partial charge is 0.493 e. The summed E-state index contributed by atoms with van der Waals surface area (Å²) in [5.41, 5.74) is 2.12. The molecule has 2 rings (SSSR count). The van der Waals surface area contributed by atoms with Crippen LogP contribution < -0.4 is 10.1 Å². The quantitative estimate of drug-likeness (QED) is 0.889. The van der Waals surface area contributed by atoms with Crippen LogP contribution in [0.4, 0.5) is 5.69 Å². The van der Waals surface area contributed by atoms with Crippen molar-refractivity contribution in [2.24, 2.45) is 11.8 Å². The Labute approximate surface area is 116 Å². The third kappa shape index (κ3) is 3.40. The second kappa shape index (κ2) is 6.27. The molecular weight excluding hydrogens is 236 g/mol. The minimum absolute atomic E-state index is 0.560. The van der Waals surface area contributed by atoms with Crippen molar-refractivity contribution in [2.45, 2.75) is 52.5 Å². The Balaban J connectivity index is 2.16. The number of aryl methyl sites for hydroxylation is 1. The monoisotopic (exact) mass is 262 g/mol. The molecule has 0 amide bonds. The predicted octanol–water partition coefficient (Wildman–Crippen LogP) is 4.03. The maximum atomic E-state index is 5.41. The zero-order chi connectivity index (χ0) is 13.8. The Hall–Kier alpha value is -1.25. The van der Waals surface area contributed by atoms with Crippen LogP contribution in [0.3, 0.4) is 0 Å². The van der Waals surface area contributed by atoms with E-state index in [2.05, 4.69) is 30.2 Å². The van der Waals surface area contributed by atoms with E-state index in [4.69, 9.17) is 4.74 Å². The predicted molar refractivity (Wildman–Crippen MR) is 79.7 cm³/mol. The first-order valence-corrected chi connectivity index (χ1v) is 7.39. The van der Waals surface area contributed by atoms with Crippen LogP contribution in [-0.4, -0.2) is 18.1 Å². The number of rotatable bonds is 4. The molecule has 0 aliphatic heterocycles. The molecule has 0 radical (unpaired) electrons. The van der Waals surface area contributed by atoms with Gasteiger partial charge >= 0.3 is 0 Å². The Morgan fingerprint density at radius 1 is 1.32 bits per heavy atom. The van der Waals surface area contributed by atoms with Gasteiger partial charge in [0.25, 0.3) is 0 Å². The summed E-state index contributed by atoms with van der Waals surface area (Å²) in [5.74, 6) is 2.33. The molecular formula is C16H26N2O. The molecule has 2 atom stereocenters. The highest BCUT2D eigenvalue weighted by Crippen LogP contribution is 2.34. The van der Waals surface area contributed by atoms with Crippen molar-refractivity contribution in [1.29, 1.82) is 0 Å². The van der Waals surface area contributed by atoms with Crippen LogP contribution in [0.15, 0.2) is 12.3 Å². The maximum absolute atomic E-state index is 5.41. The van der Waals surface area contributed by atoms with Gasteiger partial charge in [-0.25, -0.2) is 0 Å². The summed E-state index contributed by atoms with van der Waals surface area (Å²) < 4.78 is 5.41. The Bertz CT molecular complexity index is 417. The van der Waals surface area contributed by atoms with Crippen LogP contribution in [0.1, 0.15) is 45.2 Å². The van der Waals surface area contributed by atoms with Gasteiger partial charge < -0.3 is 10.1 Å². The van der Waals surface area contributed by atoms with Crippen LogP contribution in [0.5, 0.6) is 5.75 Å². The summed E-state index contributed by atoms with van der Waals surface area (Å²) in [5, 5.41) is 3.71. The molecule has 1 heterocycles. The highest BCUT2D eigenvalue weighted by atomic mass is 16.5. The SMILES string of the molecule is COc1cnc(C)cc1NC1CCCCC1C(C)C.